The van der Waals surface area contributed by atoms with Crippen LogP contribution in [0.5, 0.6) is 0 Å². The van der Waals surface area contributed by atoms with Crippen LogP contribution in [0.2, 0.25) is 0 Å². The van der Waals surface area contributed by atoms with Crippen LogP contribution < -0.4 is 10.2 Å². The zero-order valence-corrected chi connectivity index (χ0v) is 12.7. The van der Waals surface area contributed by atoms with Gasteiger partial charge in [0, 0.05) is 35.9 Å². The molecule has 0 radical (unpaired) electrons. The van der Waals surface area contributed by atoms with Crippen molar-refractivity contribution in [3.05, 3.63) is 30.0 Å². The summed E-state index contributed by atoms with van der Waals surface area (Å²) in [5.74, 6) is 0.719. The Morgan fingerprint density at radius 2 is 1.81 bits per heavy atom. The maximum atomic E-state index is 3.48. The third-order valence-corrected chi connectivity index (χ3v) is 5.20. The molecular formula is C18H25N3. The lowest BCUT2D eigenvalue weighted by molar-refractivity contribution is 0.462. The molecule has 0 amide bonds. The number of aromatic amines is 1. The minimum absolute atomic E-state index is 0.719. The van der Waals surface area contributed by atoms with Gasteiger partial charge in [-0.2, -0.15) is 0 Å². The minimum atomic E-state index is 0.719. The molecule has 2 N–H and O–H groups in total. The van der Waals surface area contributed by atoms with Crippen LogP contribution in [-0.2, 0) is 0 Å². The third-order valence-electron chi connectivity index (χ3n) is 5.20. The van der Waals surface area contributed by atoms with Gasteiger partial charge in [0.25, 0.3) is 0 Å². The Labute approximate surface area is 126 Å². The van der Waals surface area contributed by atoms with E-state index in [1.54, 1.807) is 0 Å². The molecule has 0 bridgehead atoms. The third kappa shape index (κ3) is 2.55. The molecule has 3 nitrogen and oxygen atoms in total. The minimum Gasteiger partial charge on any atom is -0.372 e. The lowest BCUT2D eigenvalue weighted by Crippen LogP contribution is -2.29. The molecule has 0 saturated carbocycles. The number of benzene rings is 1. The Kier molecular flexibility index (Phi) is 3.60. The molecule has 3 heteroatoms. The van der Waals surface area contributed by atoms with Crippen molar-refractivity contribution in [3.63, 3.8) is 0 Å². The summed E-state index contributed by atoms with van der Waals surface area (Å²) >= 11 is 0. The van der Waals surface area contributed by atoms with Gasteiger partial charge < -0.3 is 15.2 Å². The predicted octanol–water partition coefficient (Wildman–Crippen LogP) is 3.63. The van der Waals surface area contributed by atoms with E-state index in [4.69, 9.17) is 0 Å². The number of rotatable bonds is 2. The Bertz CT molecular complexity index is 604. The van der Waals surface area contributed by atoms with Crippen LogP contribution in [0.15, 0.2) is 24.4 Å². The molecule has 2 aromatic rings. The van der Waals surface area contributed by atoms with E-state index >= 15 is 0 Å². The summed E-state index contributed by atoms with van der Waals surface area (Å²) < 4.78 is 0. The molecular weight excluding hydrogens is 258 g/mol. The monoisotopic (exact) mass is 283 g/mol. The van der Waals surface area contributed by atoms with Crippen molar-refractivity contribution in [1.29, 1.82) is 0 Å². The first-order valence-electron chi connectivity index (χ1n) is 8.48. The van der Waals surface area contributed by atoms with Crippen LogP contribution in [0.1, 0.15) is 43.6 Å². The van der Waals surface area contributed by atoms with Crippen LogP contribution in [-0.4, -0.2) is 31.2 Å². The zero-order chi connectivity index (χ0) is 14.1. The fourth-order valence-electron chi connectivity index (χ4n) is 3.95. The van der Waals surface area contributed by atoms with Crippen molar-refractivity contribution in [3.8, 4) is 0 Å². The number of anilines is 1. The maximum absolute atomic E-state index is 3.48. The van der Waals surface area contributed by atoms with Gasteiger partial charge in [-0.1, -0.05) is 0 Å². The number of nitrogens with zero attached hydrogens (tertiary/aromatic N) is 1. The molecule has 0 atom stereocenters. The molecule has 0 unspecified atom stereocenters. The van der Waals surface area contributed by atoms with E-state index in [1.165, 1.54) is 67.3 Å². The molecule has 0 spiro atoms. The molecule has 2 aliphatic rings. The van der Waals surface area contributed by atoms with E-state index in [2.05, 4.69) is 39.6 Å². The quantitative estimate of drug-likeness (QED) is 0.882. The summed E-state index contributed by atoms with van der Waals surface area (Å²) in [7, 11) is 0. The van der Waals surface area contributed by atoms with E-state index in [-0.39, 0.29) is 0 Å². The maximum Gasteiger partial charge on any atom is 0.0458 e. The number of fused-ring (bicyclic) bond motifs is 1. The molecule has 0 aliphatic carbocycles. The van der Waals surface area contributed by atoms with Gasteiger partial charge in [0.15, 0.2) is 0 Å². The van der Waals surface area contributed by atoms with E-state index in [0.29, 0.717) is 0 Å². The SMILES string of the molecule is c1cc2[nH]cc(C3CCNCC3)c2cc1N1CCCCC1. The Morgan fingerprint density at radius 3 is 2.62 bits per heavy atom. The van der Waals surface area contributed by atoms with Crippen LogP contribution >= 0.6 is 0 Å². The van der Waals surface area contributed by atoms with Gasteiger partial charge in [-0.3, -0.25) is 0 Å². The number of aromatic nitrogens is 1. The van der Waals surface area contributed by atoms with Gasteiger partial charge in [-0.25, -0.2) is 0 Å². The van der Waals surface area contributed by atoms with Crippen molar-refractivity contribution in [2.45, 2.75) is 38.0 Å². The molecule has 21 heavy (non-hydrogen) atoms. The van der Waals surface area contributed by atoms with Gasteiger partial charge in [0.05, 0.1) is 0 Å². The van der Waals surface area contributed by atoms with E-state index in [9.17, 15) is 0 Å². The Hall–Kier alpha value is -1.48. The first-order chi connectivity index (χ1) is 10.4. The summed E-state index contributed by atoms with van der Waals surface area (Å²) in [5, 5.41) is 4.92. The fourth-order valence-corrected chi connectivity index (χ4v) is 3.95. The summed E-state index contributed by atoms with van der Waals surface area (Å²) in [6.45, 7) is 4.75. The molecule has 3 heterocycles. The van der Waals surface area contributed by atoms with E-state index in [0.717, 1.165) is 19.0 Å². The fraction of sp³-hybridized carbons (Fsp3) is 0.556. The average Bonchev–Trinajstić information content (AvgIpc) is 2.99. The van der Waals surface area contributed by atoms with Crippen molar-refractivity contribution in [1.82, 2.24) is 10.3 Å². The molecule has 4 rings (SSSR count). The van der Waals surface area contributed by atoms with E-state index in [1.807, 2.05) is 0 Å². The smallest absolute Gasteiger partial charge is 0.0458 e. The molecule has 2 saturated heterocycles. The van der Waals surface area contributed by atoms with Crippen LogP contribution in [0.4, 0.5) is 5.69 Å². The second-order valence-corrected chi connectivity index (χ2v) is 6.55. The molecule has 2 aliphatic heterocycles. The number of hydrogen-bond donors (Lipinski definition) is 2. The van der Waals surface area contributed by atoms with Crippen molar-refractivity contribution >= 4 is 16.6 Å². The zero-order valence-electron chi connectivity index (χ0n) is 12.7. The predicted molar refractivity (Wildman–Crippen MR) is 89.2 cm³/mol. The number of piperidine rings is 2. The van der Waals surface area contributed by atoms with Gasteiger partial charge in [-0.15, -0.1) is 0 Å². The Morgan fingerprint density at radius 1 is 1.00 bits per heavy atom. The van der Waals surface area contributed by atoms with Crippen molar-refractivity contribution in [2.75, 3.05) is 31.1 Å². The van der Waals surface area contributed by atoms with Crippen LogP contribution in [0.25, 0.3) is 10.9 Å². The van der Waals surface area contributed by atoms with Gasteiger partial charge in [0.2, 0.25) is 0 Å². The highest BCUT2D eigenvalue weighted by Gasteiger charge is 2.19. The lowest BCUT2D eigenvalue weighted by Gasteiger charge is -2.29. The highest BCUT2D eigenvalue weighted by Crippen LogP contribution is 2.34. The first-order valence-corrected chi connectivity index (χ1v) is 8.48. The Balaban J connectivity index is 1.68. The average molecular weight is 283 g/mol. The highest BCUT2D eigenvalue weighted by atomic mass is 15.1. The normalized spacial score (nSPS) is 21.0. The molecule has 1 aromatic heterocycles. The molecule has 112 valence electrons. The summed E-state index contributed by atoms with van der Waals surface area (Å²) in [4.78, 5) is 6.03. The number of nitrogens with one attached hydrogen (secondary N) is 2. The van der Waals surface area contributed by atoms with Gasteiger partial charge >= 0.3 is 0 Å². The van der Waals surface area contributed by atoms with Gasteiger partial charge in [0.1, 0.15) is 0 Å². The van der Waals surface area contributed by atoms with Crippen molar-refractivity contribution < 1.29 is 0 Å². The second-order valence-electron chi connectivity index (χ2n) is 6.55. The largest absolute Gasteiger partial charge is 0.372 e. The van der Waals surface area contributed by atoms with E-state index < -0.39 is 0 Å². The molecule has 1 aromatic carbocycles. The summed E-state index contributed by atoms with van der Waals surface area (Å²) in [6, 6.07) is 6.98. The standard InChI is InChI=1S/C18H25N3/c1-2-10-21(11-3-1)15-4-5-18-16(12-15)17(13-20-18)14-6-8-19-9-7-14/h4-5,12-14,19-20H,1-3,6-11H2. The first kappa shape index (κ1) is 13.2. The second kappa shape index (κ2) is 5.72. The lowest BCUT2D eigenvalue weighted by atomic mass is 9.90. The summed E-state index contributed by atoms with van der Waals surface area (Å²) in [6.07, 6.45) is 8.85. The summed E-state index contributed by atoms with van der Waals surface area (Å²) in [5.41, 5.74) is 4.24. The number of H-pyrrole nitrogens is 1. The topological polar surface area (TPSA) is 31.1 Å². The molecule has 2 fully saturated rings. The van der Waals surface area contributed by atoms with Crippen LogP contribution in [0.3, 0.4) is 0 Å². The number of hydrogen-bond acceptors (Lipinski definition) is 2. The highest BCUT2D eigenvalue weighted by molar-refractivity contribution is 5.87. The van der Waals surface area contributed by atoms with Crippen molar-refractivity contribution in [2.24, 2.45) is 0 Å². The van der Waals surface area contributed by atoms with Crippen LogP contribution in [0, 0.1) is 0 Å². The van der Waals surface area contributed by atoms with Gasteiger partial charge in [-0.05, 0) is 74.9 Å².